The van der Waals surface area contributed by atoms with Crippen LogP contribution in [0.25, 0.3) is 0 Å². The van der Waals surface area contributed by atoms with Gasteiger partial charge in [0.15, 0.2) is 9.84 Å². The number of urea groups is 1. The van der Waals surface area contributed by atoms with Gasteiger partial charge in [-0.25, -0.2) is 13.2 Å². The summed E-state index contributed by atoms with van der Waals surface area (Å²) in [5, 5.41) is 2.78. The second-order valence-electron chi connectivity index (χ2n) is 7.01. The van der Waals surface area contributed by atoms with E-state index < -0.39 is 15.3 Å². The third-order valence-corrected chi connectivity index (χ3v) is 6.25. The van der Waals surface area contributed by atoms with Crippen molar-refractivity contribution in [3.63, 3.8) is 0 Å². The Morgan fingerprint density at radius 2 is 1.84 bits per heavy atom. The Hall–Kier alpha value is -2.09. The van der Waals surface area contributed by atoms with Gasteiger partial charge in [0, 0.05) is 38.6 Å². The Morgan fingerprint density at radius 3 is 2.48 bits per heavy atom. The summed E-state index contributed by atoms with van der Waals surface area (Å²) in [4.78, 5) is 28.6. The monoisotopic (exact) mass is 365 g/mol. The molecule has 2 saturated heterocycles. The number of anilines is 1. The van der Waals surface area contributed by atoms with Crippen molar-refractivity contribution >= 4 is 27.5 Å². The summed E-state index contributed by atoms with van der Waals surface area (Å²) >= 11 is 0. The van der Waals surface area contributed by atoms with E-state index in [2.05, 4.69) is 5.32 Å². The number of benzene rings is 1. The number of hydrogen-bond acceptors (Lipinski definition) is 4. The Kier molecular flexibility index (Phi) is 4.49. The van der Waals surface area contributed by atoms with Crippen LogP contribution in [0.15, 0.2) is 29.2 Å². The molecule has 2 aliphatic rings. The molecular weight excluding hydrogens is 342 g/mol. The smallest absolute Gasteiger partial charge is 0.321 e. The quantitative estimate of drug-likeness (QED) is 0.862. The van der Waals surface area contributed by atoms with Crippen LogP contribution in [0, 0.1) is 5.41 Å². The van der Waals surface area contributed by atoms with Gasteiger partial charge >= 0.3 is 6.03 Å². The van der Waals surface area contributed by atoms with Gasteiger partial charge in [-0.3, -0.25) is 4.79 Å². The van der Waals surface area contributed by atoms with Crippen molar-refractivity contribution in [3.8, 4) is 0 Å². The van der Waals surface area contributed by atoms with Crippen molar-refractivity contribution in [2.24, 2.45) is 5.41 Å². The zero-order chi connectivity index (χ0) is 18.2. The molecule has 136 valence electrons. The number of carbonyl (C=O) groups is 2. The minimum atomic E-state index is -3.26. The first-order valence-corrected chi connectivity index (χ1v) is 10.2. The summed E-state index contributed by atoms with van der Waals surface area (Å²) in [6, 6.07) is 5.82. The van der Waals surface area contributed by atoms with Gasteiger partial charge in [0.25, 0.3) is 0 Å². The predicted octanol–water partition coefficient (Wildman–Crippen LogP) is 1.57. The summed E-state index contributed by atoms with van der Waals surface area (Å²) in [5.41, 5.74) is 0.0928. The summed E-state index contributed by atoms with van der Waals surface area (Å²) in [5.74, 6) is 0.131. The maximum Gasteiger partial charge on any atom is 0.321 e. The summed E-state index contributed by atoms with van der Waals surface area (Å²) < 4.78 is 22.9. The molecule has 2 heterocycles. The third kappa shape index (κ3) is 3.49. The molecule has 25 heavy (non-hydrogen) atoms. The van der Waals surface area contributed by atoms with E-state index in [-0.39, 0.29) is 16.8 Å². The van der Waals surface area contributed by atoms with Crippen molar-refractivity contribution in [1.82, 2.24) is 9.80 Å². The van der Waals surface area contributed by atoms with Crippen LogP contribution >= 0.6 is 0 Å². The summed E-state index contributed by atoms with van der Waals surface area (Å²) in [6.45, 7) is 1.76. The molecule has 3 rings (SSSR count). The number of hydrogen-bond donors (Lipinski definition) is 1. The van der Waals surface area contributed by atoms with Crippen molar-refractivity contribution in [2.75, 3.05) is 38.3 Å². The van der Waals surface area contributed by atoms with E-state index in [1.807, 2.05) is 7.05 Å². The first-order valence-electron chi connectivity index (χ1n) is 8.33. The lowest BCUT2D eigenvalue weighted by molar-refractivity contribution is -0.143. The largest absolute Gasteiger partial charge is 0.345 e. The van der Waals surface area contributed by atoms with Crippen molar-refractivity contribution < 1.29 is 18.0 Å². The van der Waals surface area contributed by atoms with Crippen LogP contribution in [0.2, 0.25) is 0 Å². The molecule has 0 aromatic heterocycles. The number of rotatable bonds is 2. The molecule has 1 aromatic carbocycles. The van der Waals surface area contributed by atoms with E-state index in [9.17, 15) is 18.0 Å². The van der Waals surface area contributed by atoms with Crippen LogP contribution in [-0.4, -0.2) is 63.1 Å². The van der Waals surface area contributed by atoms with Gasteiger partial charge in [-0.05, 0) is 43.5 Å². The molecule has 3 amide bonds. The lowest BCUT2D eigenvalue weighted by atomic mass is 9.78. The number of likely N-dealkylation sites (tertiary alicyclic amines) is 2. The maximum absolute atomic E-state index is 12.5. The first-order chi connectivity index (χ1) is 11.7. The molecule has 1 N–H and O–H groups in total. The van der Waals surface area contributed by atoms with E-state index in [1.54, 1.807) is 21.9 Å². The zero-order valence-electron chi connectivity index (χ0n) is 14.5. The molecule has 0 radical (unpaired) electrons. The molecule has 8 heteroatoms. The lowest BCUT2D eigenvalue weighted by Crippen LogP contribution is -2.49. The number of sulfone groups is 1. The van der Waals surface area contributed by atoms with E-state index in [0.29, 0.717) is 25.2 Å². The topological polar surface area (TPSA) is 86.8 Å². The highest BCUT2D eigenvalue weighted by atomic mass is 32.2. The number of nitrogens with one attached hydrogen (secondary N) is 1. The van der Waals surface area contributed by atoms with E-state index in [0.717, 1.165) is 25.6 Å². The molecule has 2 aliphatic heterocycles. The minimum absolute atomic E-state index is 0.131. The minimum Gasteiger partial charge on any atom is -0.345 e. The number of nitrogens with zero attached hydrogens (tertiary/aromatic N) is 2. The third-order valence-electron chi connectivity index (χ3n) is 5.12. The lowest BCUT2D eigenvalue weighted by Gasteiger charge is -2.37. The van der Waals surface area contributed by atoms with Crippen LogP contribution in [0.4, 0.5) is 10.5 Å². The van der Waals surface area contributed by atoms with Crippen LogP contribution in [0.5, 0.6) is 0 Å². The molecule has 1 spiro atoms. The first kappa shape index (κ1) is 17.7. The molecule has 2 fully saturated rings. The van der Waals surface area contributed by atoms with Gasteiger partial charge in [-0.2, -0.15) is 0 Å². The van der Waals surface area contributed by atoms with Crippen LogP contribution in [-0.2, 0) is 14.6 Å². The Labute approximate surface area is 147 Å². The van der Waals surface area contributed by atoms with E-state index >= 15 is 0 Å². The molecule has 0 unspecified atom stereocenters. The number of carbonyl (C=O) groups excluding carboxylic acids is 2. The molecule has 7 nitrogen and oxygen atoms in total. The number of piperidine rings is 1. The average Bonchev–Trinajstić information content (AvgIpc) is 2.98. The van der Waals surface area contributed by atoms with E-state index in [1.165, 1.54) is 12.1 Å². The van der Waals surface area contributed by atoms with Crippen molar-refractivity contribution in [2.45, 2.75) is 24.2 Å². The summed E-state index contributed by atoms with van der Waals surface area (Å²) in [7, 11) is -1.44. The van der Waals surface area contributed by atoms with Gasteiger partial charge in [-0.15, -0.1) is 0 Å². The second kappa shape index (κ2) is 6.33. The zero-order valence-corrected chi connectivity index (χ0v) is 15.3. The fraction of sp³-hybridized carbons (Fsp3) is 0.529. The van der Waals surface area contributed by atoms with Crippen LogP contribution in [0.3, 0.4) is 0 Å². The molecule has 0 bridgehead atoms. The van der Waals surface area contributed by atoms with Crippen molar-refractivity contribution in [1.29, 1.82) is 0 Å². The van der Waals surface area contributed by atoms with Gasteiger partial charge < -0.3 is 15.1 Å². The average molecular weight is 365 g/mol. The molecule has 0 aliphatic carbocycles. The highest BCUT2D eigenvalue weighted by Gasteiger charge is 2.48. The highest BCUT2D eigenvalue weighted by Crippen LogP contribution is 2.39. The predicted molar refractivity (Wildman–Crippen MR) is 94.1 cm³/mol. The fourth-order valence-corrected chi connectivity index (χ4v) is 4.31. The SMILES string of the molecule is CN1CCC[C@]2(CCN(C(=O)Nc3ccc(S(C)(=O)=O)cc3)C2)C1=O. The normalized spacial score (nSPS) is 24.0. The van der Waals surface area contributed by atoms with Crippen molar-refractivity contribution in [3.05, 3.63) is 24.3 Å². The Balaban J connectivity index is 1.66. The Morgan fingerprint density at radius 1 is 1.16 bits per heavy atom. The van der Waals surface area contributed by atoms with Gasteiger partial charge in [0.05, 0.1) is 10.3 Å². The molecule has 0 saturated carbocycles. The van der Waals surface area contributed by atoms with Crippen LogP contribution < -0.4 is 5.32 Å². The number of amides is 3. The van der Waals surface area contributed by atoms with Gasteiger partial charge in [0.2, 0.25) is 5.91 Å². The standard InChI is InChI=1S/C17H23N3O4S/c1-19-10-3-8-17(15(19)21)9-11-20(12-17)16(22)18-13-4-6-14(7-5-13)25(2,23)24/h4-7H,3,8-12H2,1-2H3,(H,18,22)/t17-/m1/s1. The molecular formula is C17H23N3O4S. The van der Waals surface area contributed by atoms with Gasteiger partial charge in [0.1, 0.15) is 0 Å². The summed E-state index contributed by atoms with van der Waals surface area (Å²) in [6.07, 6.45) is 3.62. The van der Waals surface area contributed by atoms with E-state index in [4.69, 9.17) is 0 Å². The highest BCUT2D eigenvalue weighted by molar-refractivity contribution is 7.90. The fourth-order valence-electron chi connectivity index (χ4n) is 3.68. The second-order valence-corrected chi connectivity index (χ2v) is 9.02. The van der Waals surface area contributed by atoms with Gasteiger partial charge in [-0.1, -0.05) is 0 Å². The molecule has 1 atom stereocenters. The Bertz CT molecular complexity index is 791. The molecule has 1 aromatic rings. The maximum atomic E-state index is 12.5. The van der Waals surface area contributed by atoms with Crippen LogP contribution in [0.1, 0.15) is 19.3 Å².